The number of ether oxygens (including phenoxy) is 2. The molecular formula is C24H28FN3O3. The summed E-state index contributed by atoms with van der Waals surface area (Å²) in [7, 11) is 0. The highest BCUT2D eigenvalue weighted by atomic mass is 19.1. The number of piperidine rings is 1. The van der Waals surface area contributed by atoms with Crippen LogP contribution in [0.15, 0.2) is 48.5 Å². The van der Waals surface area contributed by atoms with Crippen molar-refractivity contribution < 1.29 is 18.7 Å². The normalized spacial score (nSPS) is 15.3. The highest BCUT2D eigenvalue weighted by molar-refractivity contribution is 5.76. The van der Waals surface area contributed by atoms with Crippen molar-refractivity contribution >= 4 is 17.0 Å². The minimum atomic E-state index is -0.276. The van der Waals surface area contributed by atoms with Crippen LogP contribution in [0.1, 0.15) is 25.6 Å². The van der Waals surface area contributed by atoms with Gasteiger partial charge in [0.05, 0.1) is 36.6 Å². The molecule has 1 aliphatic heterocycles. The lowest BCUT2D eigenvalue weighted by atomic mass is 9.97. The van der Waals surface area contributed by atoms with E-state index in [0.717, 1.165) is 49.3 Å². The number of imidazole rings is 1. The molecule has 2 heterocycles. The number of rotatable bonds is 8. The molecule has 1 aliphatic rings. The van der Waals surface area contributed by atoms with Gasteiger partial charge in [-0.15, -0.1) is 0 Å². The van der Waals surface area contributed by atoms with E-state index in [-0.39, 0.29) is 17.7 Å². The van der Waals surface area contributed by atoms with Gasteiger partial charge in [-0.1, -0.05) is 12.1 Å². The number of halogens is 1. The summed E-state index contributed by atoms with van der Waals surface area (Å²) in [5.74, 6) is 1.28. The van der Waals surface area contributed by atoms with Gasteiger partial charge in [0.2, 0.25) is 0 Å². The highest BCUT2D eigenvalue weighted by Crippen LogP contribution is 2.22. The summed E-state index contributed by atoms with van der Waals surface area (Å²) in [4.78, 5) is 19.2. The molecule has 164 valence electrons. The van der Waals surface area contributed by atoms with Gasteiger partial charge in [0.25, 0.3) is 0 Å². The summed E-state index contributed by atoms with van der Waals surface area (Å²) in [5.41, 5.74) is 2.03. The summed E-state index contributed by atoms with van der Waals surface area (Å²) >= 11 is 0. The number of esters is 1. The van der Waals surface area contributed by atoms with Crippen LogP contribution in [0.25, 0.3) is 11.0 Å². The number of para-hydroxylation sites is 2. The molecule has 3 aromatic rings. The largest absolute Gasteiger partial charge is 0.492 e. The predicted molar refractivity (Wildman–Crippen MR) is 116 cm³/mol. The SMILES string of the molecule is CCOC(=O)C1CCN(Cc2nc3ccccc3n2CCOc2ccc(F)cc2)CC1. The van der Waals surface area contributed by atoms with E-state index in [1.54, 1.807) is 12.1 Å². The molecule has 1 fully saturated rings. The van der Waals surface area contributed by atoms with Crippen molar-refractivity contribution in [3.8, 4) is 5.75 Å². The van der Waals surface area contributed by atoms with E-state index in [9.17, 15) is 9.18 Å². The average molecular weight is 426 g/mol. The summed E-state index contributed by atoms with van der Waals surface area (Å²) in [6.45, 7) is 5.80. The van der Waals surface area contributed by atoms with Gasteiger partial charge in [0, 0.05) is 0 Å². The minimum Gasteiger partial charge on any atom is -0.492 e. The molecule has 4 rings (SSSR count). The second-order valence-corrected chi connectivity index (χ2v) is 7.77. The predicted octanol–water partition coefficient (Wildman–Crippen LogP) is 4.03. The molecule has 6 nitrogen and oxygen atoms in total. The number of fused-ring (bicyclic) bond motifs is 1. The van der Waals surface area contributed by atoms with Crippen LogP contribution in [-0.4, -0.2) is 46.7 Å². The molecule has 1 saturated heterocycles. The molecule has 2 aromatic carbocycles. The maximum absolute atomic E-state index is 13.1. The number of carbonyl (C=O) groups is 1. The van der Waals surface area contributed by atoms with E-state index in [1.165, 1.54) is 12.1 Å². The molecule has 0 atom stereocenters. The number of hydrogen-bond acceptors (Lipinski definition) is 5. The molecule has 0 aliphatic carbocycles. The van der Waals surface area contributed by atoms with E-state index >= 15 is 0 Å². The molecule has 31 heavy (non-hydrogen) atoms. The lowest BCUT2D eigenvalue weighted by Gasteiger charge is -2.30. The molecule has 7 heteroatoms. The molecule has 0 N–H and O–H groups in total. The number of carbonyl (C=O) groups excluding carboxylic acids is 1. The topological polar surface area (TPSA) is 56.6 Å². The zero-order chi connectivity index (χ0) is 21.6. The van der Waals surface area contributed by atoms with Gasteiger partial charge >= 0.3 is 5.97 Å². The summed E-state index contributed by atoms with van der Waals surface area (Å²) in [5, 5.41) is 0. The Hall–Kier alpha value is -2.93. The average Bonchev–Trinajstić information content (AvgIpc) is 3.13. The Morgan fingerprint density at radius 1 is 1.13 bits per heavy atom. The zero-order valence-electron chi connectivity index (χ0n) is 17.8. The van der Waals surface area contributed by atoms with Crippen LogP contribution in [0.4, 0.5) is 4.39 Å². The fourth-order valence-electron chi connectivity index (χ4n) is 4.07. The van der Waals surface area contributed by atoms with Crippen LogP contribution >= 0.6 is 0 Å². The zero-order valence-corrected chi connectivity index (χ0v) is 17.8. The fraction of sp³-hybridized carbons (Fsp3) is 0.417. The Labute approximate surface area is 181 Å². The van der Waals surface area contributed by atoms with E-state index < -0.39 is 0 Å². The second-order valence-electron chi connectivity index (χ2n) is 7.77. The molecule has 0 radical (unpaired) electrons. The quantitative estimate of drug-likeness (QED) is 0.510. The van der Waals surface area contributed by atoms with Crippen LogP contribution in [-0.2, 0) is 22.6 Å². The first-order chi connectivity index (χ1) is 15.1. The molecule has 0 saturated carbocycles. The van der Waals surface area contributed by atoms with Crippen LogP contribution in [0.2, 0.25) is 0 Å². The minimum absolute atomic E-state index is 0.000809. The third-order valence-corrected chi connectivity index (χ3v) is 5.70. The Bertz CT molecular complexity index is 1010. The van der Waals surface area contributed by atoms with Crippen LogP contribution in [0, 0.1) is 11.7 Å². The van der Waals surface area contributed by atoms with Crippen molar-refractivity contribution in [2.24, 2.45) is 5.92 Å². The van der Waals surface area contributed by atoms with Crippen molar-refractivity contribution in [1.29, 1.82) is 0 Å². The van der Waals surface area contributed by atoms with Crippen LogP contribution in [0.5, 0.6) is 5.75 Å². The molecule has 1 aromatic heterocycles. The summed E-state index contributed by atoms with van der Waals surface area (Å²) in [6, 6.07) is 14.1. The van der Waals surface area contributed by atoms with Gasteiger partial charge in [-0.3, -0.25) is 9.69 Å². The molecule has 0 spiro atoms. The van der Waals surface area contributed by atoms with Crippen molar-refractivity contribution in [2.45, 2.75) is 32.9 Å². The highest BCUT2D eigenvalue weighted by Gasteiger charge is 2.26. The first-order valence-corrected chi connectivity index (χ1v) is 10.9. The fourth-order valence-corrected chi connectivity index (χ4v) is 4.07. The number of benzene rings is 2. The van der Waals surface area contributed by atoms with Crippen molar-refractivity contribution in [3.05, 3.63) is 60.2 Å². The number of hydrogen-bond donors (Lipinski definition) is 0. The summed E-state index contributed by atoms with van der Waals surface area (Å²) in [6.07, 6.45) is 1.62. The van der Waals surface area contributed by atoms with Gasteiger partial charge in [-0.25, -0.2) is 9.37 Å². The van der Waals surface area contributed by atoms with Crippen molar-refractivity contribution in [2.75, 3.05) is 26.3 Å². The maximum Gasteiger partial charge on any atom is 0.309 e. The van der Waals surface area contributed by atoms with E-state index in [1.807, 2.05) is 25.1 Å². The van der Waals surface area contributed by atoms with Gasteiger partial charge in [-0.2, -0.15) is 0 Å². The third-order valence-electron chi connectivity index (χ3n) is 5.70. The van der Waals surface area contributed by atoms with E-state index in [4.69, 9.17) is 14.5 Å². The Morgan fingerprint density at radius 2 is 1.87 bits per heavy atom. The van der Waals surface area contributed by atoms with Crippen LogP contribution < -0.4 is 4.74 Å². The van der Waals surface area contributed by atoms with Gasteiger partial charge < -0.3 is 14.0 Å². The molecular weight excluding hydrogens is 397 g/mol. The first kappa shape index (κ1) is 21.3. The number of aromatic nitrogens is 2. The van der Waals surface area contributed by atoms with E-state index in [0.29, 0.717) is 25.5 Å². The first-order valence-electron chi connectivity index (χ1n) is 10.9. The molecule has 0 unspecified atom stereocenters. The Morgan fingerprint density at radius 3 is 2.61 bits per heavy atom. The van der Waals surface area contributed by atoms with Crippen LogP contribution in [0.3, 0.4) is 0 Å². The number of nitrogens with zero attached hydrogens (tertiary/aromatic N) is 3. The van der Waals surface area contributed by atoms with E-state index in [2.05, 4.69) is 15.5 Å². The van der Waals surface area contributed by atoms with Gasteiger partial charge in [0.15, 0.2) is 0 Å². The van der Waals surface area contributed by atoms with Gasteiger partial charge in [-0.05, 0) is 69.3 Å². The number of likely N-dealkylation sites (tertiary alicyclic amines) is 1. The lowest BCUT2D eigenvalue weighted by Crippen LogP contribution is -2.37. The third kappa shape index (κ3) is 5.22. The standard InChI is InChI=1S/C24H28FN3O3/c1-2-30-24(29)18-11-13-27(14-12-18)17-23-26-21-5-3-4-6-22(21)28(23)15-16-31-20-9-7-19(25)8-10-20/h3-10,18H,2,11-17H2,1H3. The Balaban J connectivity index is 1.41. The van der Waals surface area contributed by atoms with Crippen molar-refractivity contribution in [3.63, 3.8) is 0 Å². The monoisotopic (exact) mass is 425 g/mol. The summed E-state index contributed by atoms with van der Waals surface area (Å²) < 4.78 is 26.3. The van der Waals surface area contributed by atoms with Crippen molar-refractivity contribution in [1.82, 2.24) is 14.5 Å². The molecule has 0 bridgehead atoms. The molecule has 0 amide bonds. The smallest absolute Gasteiger partial charge is 0.309 e. The van der Waals surface area contributed by atoms with Gasteiger partial charge in [0.1, 0.15) is 24.0 Å². The lowest BCUT2D eigenvalue weighted by molar-refractivity contribution is -0.149. The maximum atomic E-state index is 13.1. The second kappa shape index (κ2) is 9.92. The Kier molecular flexibility index (Phi) is 6.82.